The molecule has 0 aliphatic rings. The summed E-state index contributed by atoms with van der Waals surface area (Å²) >= 11 is 0. The summed E-state index contributed by atoms with van der Waals surface area (Å²) in [6.45, 7) is 6.04. The third kappa shape index (κ3) is 3.67. The Kier molecular flexibility index (Phi) is 4.47. The van der Waals surface area contributed by atoms with Crippen LogP contribution in [0.25, 0.3) is 0 Å². The number of benzene rings is 1. The van der Waals surface area contributed by atoms with Crippen molar-refractivity contribution in [3.8, 4) is 0 Å². The van der Waals surface area contributed by atoms with Crippen LogP contribution in [-0.4, -0.2) is 23.5 Å². The SMILES string of the molecule is CCC(C)(C)Nc1ccc([N+](=O)[O-])c(C(=O)OC)c1. The normalized spacial score (nSPS) is 10.9. The van der Waals surface area contributed by atoms with Gasteiger partial charge in [-0.1, -0.05) is 6.92 Å². The largest absolute Gasteiger partial charge is 0.465 e. The average molecular weight is 266 g/mol. The zero-order chi connectivity index (χ0) is 14.6. The van der Waals surface area contributed by atoms with Gasteiger partial charge in [-0.05, 0) is 32.4 Å². The van der Waals surface area contributed by atoms with Gasteiger partial charge in [0.15, 0.2) is 0 Å². The van der Waals surface area contributed by atoms with Crippen LogP contribution in [-0.2, 0) is 4.74 Å². The lowest BCUT2D eigenvalue weighted by atomic mass is 10.0. The molecule has 0 saturated carbocycles. The van der Waals surface area contributed by atoms with Gasteiger partial charge in [-0.3, -0.25) is 10.1 Å². The predicted octanol–water partition coefficient (Wildman–Crippen LogP) is 2.98. The lowest BCUT2D eigenvalue weighted by Gasteiger charge is -2.26. The zero-order valence-corrected chi connectivity index (χ0v) is 11.5. The fourth-order valence-corrected chi connectivity index (χ4v) is 1.53. The van der Waals surface area contributed by atoms with Crippen molar-refractivity contribution in [1.82, 2.24) is 0 Å². The van der Waals surface area contributed by atoms with Gasteiger partial charge in [-0.25, -0.2) is 4.79 Å². The van der Waals surface area contributed by atoms with Crippen molar-refractivity contribution >= 4 is 17.3 Å². The van der Waals surface area contributed by atoms with Gasteiger partial charge in [0.25, 0.3) is 5.69 Å². The maximum absolute atomic E-state index is 11.6. The number of carbonyl (C=O) groups excluding carboxylic acids is 1. The highest BCUT2D eigenvalue weighted by Crippen LogP contribution is 2.26. The van der Waals surface area contributed by atoms with Crippen LogP contribution in [0.4, 0.5) is 11.4 Å². The zero-order valence-electron chi connectivity index (χ0n) is 11.5. The predicted molar refractivity (Wildman–Crippen MR) is 72.4 cm³/mol. The maximum Gasteiger partial charge on any atom is 0.344 e. The Morgan fingerprint density at radius 1 is 1.47 bits per heavy atom. The van der Waals surface area contributed by atoms with E-state index in [0.29, 0.717) is 5.69 Å². The molecule has 1 aromatic rings. The van der Waals surface area contributed by atoms with E-state index in [1.165, 1.54) is 19.2 Å². The number of nitrogens with one attached hydrogen (secondary N) is 1. The van der Waals surface area contributed by atoms with E-state index in [1.54, 1.807) is 6.07 Å². The monoisotopic (exact) mass is 266 g/mol. The molecule has 0 aliphatic carbocycles. The average Bonchev–Trinajstić information content (AvgIpc) is 2.37. The van der Waals surface area contributed by atoms with Gasteiger partial charge in [0.2, 0.25) is 0 Å². The number of esters is 1. The van der Waals surface area contributed by atoms with Gasteiger partial charge in [0.1, 0.15) is 5.56 Å². The third-order valence-corrected chi connectivity index (χ3v) is 2.97. The van der Waals surface area contributed by atoms with Crippen LogP contribution >= 0.6 is 0 Å². The van der Waals surface area contributed by atoms with E-state index >= 15 is 0 Å². The molecule has 0 amide bonds. The molecule has 0 unspecified atom stereocenters. The van der Waals surface area contributed by atoms with Crippen LogP contribution in [0.2, 0.25) is 0 Å². The standard InChI is InChI=1S/C13H18N2O4/c1-5-13(2,3)14-9-6-7-11(15(17)18)10(8-9)12(16)19-4/h6-8,14H,5H2,1-4H3. The van der Waals surface area contributed by atoms with Crippen LogP contribution in [0.15, 0.2) is 18.2 Å². The van der Waals surface area contributed by atoms with E-state index in [4.69, 9.17) is 0 Å². The molecule has 0 spiro atoms. The van der Waals surface area contributed by atoms with Crippen molar-refractivity contribution in [2.45, 2.75) is 32.7 Å². The van der Waals surface area contributed by atoms with Gasteiger partial charge in [0, 0.05) is 17.3 Å². The minimum absolute atomic E-state index is 0.0515. The number of hydrogen-bond donors (Lipinski definition) is 1. The first-order valence-corrected chi connectivity index (χ1v) is 5.95. The molecule has 1 rings (SSSR count). The number of nitro benzene ring substituents is 1. The molecular formula is C13H18N2O4. The number of methoxy groups -OCH3 is 1. The van der Waals surface area contributed by atoms with Gasteiger partial charge < -0.3 is 10.1 Å². The Labute approximate surface area is 111 Å². The van der Waals surface area contributed by atoms with Gasteiger partial charge in [-0.2, -0.15) is 0 Å². The highest BCUT2D eigenvalue weighted by atomic mass is 16.6. The van der Waals surface area contributed by atoms with Crippen molar-refractivity contribution in [3.63, 3.8) is 0 Å². The number of nitro groups is 1. The molecule has 0 atom stereocenters. The van der Waals surface area contributed by atoms with Crippen molar-refractivity contribution in [1.29, 1.82) is 0 Å². The molecule has 0 aliphatic heterocycles. The number of nitrogens with zero attached hydrogens (tertiary/aromatic N) is 1. The second-order valence-electron chi connectivity index (χ2n) is 4.84. The summed E-state index contributed by atoms with van der Waals surface area (Å²) in [7, 11) is 1.20. The Balaban J connectivity index is 3.19. The number of ether oxygens (including phenoxy) is 1. The molecule has 1 N–H and O–H groups in total. The highest BCUT2D eigenvalue weighted by Gasteiger charge is 2.23. The Bertz CT molecular complexity index is 497. The molecule has 0 radical (unpaired) electrons. The first-order chi connectivity index (χ1) is 8.80. The van der Waals surface area contributed by atoms with Gasteiger partial charge in [-0.15, -0.1) is 0 Å². The summed E-state index contributed by atoms with van der Waals surface area (Å²) < 4.78 is 4.57. The van der Waals surface area contributed by atoms with E-state index < -0.39 is 10.9 Å². The summed E-state index contributed by atoms with van der Waals surface area (Å²) in [5.41, 5.74) is 0.178. The Hall–Kier alpha value is -2.11. The molecule has 0 bridgehead atoms. The van der Waals surface area contributed by atoms with E-state index in [9.17, 15) is 14.9 Å². The third-order valence-electron chi connectivity index (χ3n) is 2.97. The highest BCUT2D eigenvalue weighted by molar-refractivity contribution is 5.95. The van der Waals surface area contributed by atoms with Crippen LogP contribution in [0.5, 0.6) is 0 Å². The summed E-state index contributed by atoms with van der Waals surface area (Å²) in [5.74, 6) is -0.718. The molecule has 0 fully saturated rings. The van der Waals surface area contributed by atoms with Crippen LogP contribution in [0.1, 0.15) is 37.6 Å². The van der Waals surface area contributed by atoms with Crippen LogP contribution < -0.4 is 5.32 Å². The minimum atomic E-state index is -0.718. The lowest BCUT2D eigenvalue weighted by Crippen LogP contribution is -2.29. The topological polar surface area (TPSA) is 81.5 Å². The van der Waals surface area contributed by atoms with Crippen molar-refractivity contribution in [2.75, 3.05) is 12.4 Å². The van der Waals surface area contributed by atoms with Crippen molar-refractivity contribution in [2.24, 2.45) is 0 Å². The summed E-state index contributed by atoms with van der Waals surface area (Å²) in [6, 6.07) is 4.34. The molecule has 0 saturated heterocycles. The van der Waals surface area contributed by atoms with Gasteiger partial charge >= 0.3 is 5.97 Å². The molecule has 19 heavy (non-hydrogen) atoms. The van der Waals surface area contributed by atoms with E-state index in [1.807, 2.05) is 20.8 Å². The molecule has 0 aromatic heterocycles. The Morgan fingerprint density at radius 3 is 2.58 bits per heavy atom. The first-order valence-electron chi connectivity index (χ1n) is 5.95. The summed E-state index contributed by atoms with van der Waals surface area (Å²) in [5, 5.41) is 14.1. The number of rotatable bonds is 5. The fourth-order valence-electron chi connectivity index (χ4n) is 1.53. The van der Waals surface area contributed by atoms with E-state index in [0.717, 1.165) is 6.42 Å². The molecular weight excluding hydrogens is 248 g/mol. The van der Waals surface area contributed by atoms with Crippen molar-refractivity contribution in [3.05, 3.63) is 33.9 Å². The maximum atomic E-state index is 11.6. The molecule has 0 heterocycles. The molecule has 6 heteroatoms. The summed E-state index contributed by atoms with van der Waals surface area (Å²) in [6.07, 6.45) is 0.873. The lowest BCUT2D eigenvalue weighted by molar-refractivity contribution is -0.385. The Morgan fingerprint density at radius 2 is 2.11 bits per heavy atom. The second-order valence-corrected chi connectivity index (χ2v) is 4.84. The van der Waals surface area contributed by atoms with Crippen LogP contribution in [0.3, 0.4) is 0 Å². The minimum Gasteiger partial charge on any atom is -0.465 e. The first kappa shape index (κ1) is 14.9. The number of carbonyl (C=O) groups is 1. The number of hydrogen-bond acceptors (Lipinski definition) is 5. The quantitative estimate of drug-likeness (QED) is 0.503. The smallest absolute Gasteiger partial charge is 0.344 e. The molecule has 6 nitrogen and oxygen atoms in total. The van der Waals surface area contributed by atoms with E-state index in [-0.39, 0.29) is 16.8 Å². The van der Waals surface area contributed by atoms with Crippen LogP contribution in [0, 0.1) is 10.1 Å². The van der Waals surface area contributed by atoms with E-state index in [2.05, 4.69) is 10.1 Å². The summed E-state index contributed by atoms with van der Waals surface area (Å²) in [4.78, 5) is 21.8. The second kappa shape index (κ2) is 5.69. The molecule has 104 valence electrons. The fraction of sp³-hybridized carbons (Fsp3) is 0.462. The number of anilines is 1. The van der Waals surface area contributed by atoms with Crippen molar-refractivity contribution < 1.29 is 14.5 Å². The molecule has 1 aromatic carbocycles. The van der Waals surface area contributed by atoms with Gasteiger partial charge in [0.05, 0.1) is 12.0 Å².